The lowest BCUT2D eigenvalue weighted by molar-refractivity contribution is -0.137. The first kappa shape index (κ1) is 14.8. The molecule has 19 heavy (non-hydrogen) atoms. The van der Waals surface area contributed by atoms with E-state index in [0.29, 0.717) is 12.3 Å². The molecule has 2 fully saturated rings. The van der Waals surface area contributed by atoms with Gasteiger partial charge in [-0.2, -0.15) is 0 Å². The smallest absolute Gasteiger partial charge is 0.303 e. The summed E-state index contributed by atoms with van der Waals surface area (Å²) in [6.45, 7) is 7.14. The third kappa shape index (κ3) is 4.20. The molecule has 3 nitrogen and oxygen atoms in total. The van der Waals surface area contributed by atoms with Crippen LogP contribution < -0.4 is 0 Å². The summed E-state index contributed by atoms with van der Waals surface area (Å²) in [4.78, 5) is 13.4. The van der Waals surface area contributed by atoms with Gasteiger partial charge in [-0.25, -0.2) is 0 Å². The number of aliphatic carboxylic acids is 1. The van der Waals surface area contributed by atoms with E-state index in [9.17, 15) is 4.79 Å². The van der Waals surface area contributed by atoms with Crippen molar-refractivity contribution in [3.63, 3.8) is 0 Å². The number of carbonyl (C=O) groups is 1. The van der Waals surface area contributed by atoms with Crippen LogP contribution in [-0.4, -0.2) is 35.1 Å². The van der Waals surface area contributed by atoms with Gasteiger partial charge in [-0.3, -0.25) is 9.69 Å². The lowest BCUT2D eigenvalue weighted by Gasteiger charge is -2.44. The average Bonchev–Trinajstić information content (AvgIpc) is 2.39. The fourth-order valence-electron chi connectivity index (χ4n) is 3.97. The number of rotatable bonds is 4. The second-order valence-electron chi connectivity index (χ2n) is 6.90. The van der Waals surface area contributed by atoms with E-state index >= 15 is 0 Å². The van der Waals surface area contributed by atoms with Gasteiger partial charge in [0, 0.05) is 19.0 Å². The van der Waals surface area contributed by atoms with Gasteiger partial charge in [-0.1, -0.05) is 20.3 Å². The second kappa shape index (κ2) is 6.74. The maximum absolute atomic E-state index is 10.7. The summed E-state index contributed by atoms with van der Waals surface area (Å²) in [5.41, 5.74) is 0. The van der Waals surface area contributed by atoms with Gasteiger partial charge >= 0.3 is 5.97 Å². The van der Waals surface area contributed by atoms with Crippen LogP contribution in [0.4, 0.5) is 0 Å². The first-order chi connectivity index (χ1) is 9.06. The molecule has 3 heteroatoms. The van der Waals surface area contributed by atoms with Gasteiger partial charge in [-0.05, 0) is 56.4 Å². The Morgan fingerprint density at radius 3 is 2.79 bits per heavy atom. The molecule has 1 aliphatic carbocycles. The Morgan fingerprint density at radius 1 is 1.26 bits per heavy atom. The molecule has 0 aromatic rings. The minimum absolute atomic E-state index is 0.342. The Bertz CT molecular complexity index is 305. The van der Waals surface area contributed by atoms with Crippen LogP contribution in [0.5, 0.6) is 0 Å². The molecule has 0 amide bonds. The fourth-order valence-corrected chi connectivity index (χ4v) is 3.97. The third-order valence-electron chi connectivity index (χ3n) is 5.20. The predicted molar refractivity (Wildman–Crippen MR) is 77.1 cm³/mol. The highest BCUT2D eigenvalue weighted by molar-refractivity contribution is 5.66. The molecule has 1 saturated heterocycles. The minimum atomic E-state index is -0.642. The van der Waals surface area contributed by atoms with Gasteiger partial charge in [-0.15, -0.1) is 0 Å². The molecule has 0 aromatic heterocycles. The van der Waals surface area contributed by atoms with Crippen LogP contribution in [0, 0.1) is 17.8 Å². The molecule has 4 atom stereocenters. The minimum Gasteiger partial charge on any atom is -0.481 e. The average molecular weight is 267 g/mol. The van der Waals surface area contributed by atoms with Crippen molar-refractivity contribution in [2.24, 2.45) is 17.8 Å². The van der Waals surface area contributed by atoms with Crippen molar-refractivity contribution in [2.75, 3.05) is 13.1 Å². The monoisotopic (exact) mass is 267 g/mol. The Kier molecular flexibility index (Phi) is 5.26. The summed E-state index contributed by atoms with van der Waals surface area (Å²) in [5.74, 6) is 1.64. The maximum atomic E-state index is 10.7. The number of carboxylic acid groups (broad SMARTS) is 1. The normalized spacial score (nSPS) is 37.2. The van der Waals surface area contributed by atoms with Crippen LogP contribution in [0.2, 0.25) is 0 Å². The highest BCUT2D eigenvalue weighted by Gasteiger charge is 2.32. The van der Waals surface area contributed by atoms with Crippen LogP contribution in [0.15, 0.2) is 0 Å². The van der Waals surface area contributed by atoms with Crippen LogP contribution in [0.1, 0.15) is 58.8 Å². The third-order valence-corrected chi connectivity index (χ3v) is 5.20. The highest BCUT2D eigenvalue weighted by atomic mass is 16.4. The van der Waals surface area contributed by atoms with Crippen molar-refractivity contribution in [2.45, 2.75) is 64.8 Å². The Morgan fingerprint density at radius 2 is 2.05 bits per heavy atom. The quantitative estimate of drug-likeness (QED) is 0.849. The topological polar surface area (TPSA) is 40.5 Å². The van der Waals surface area contributed by atoms with Gasteiger partial charge in [0.15, 0.2) is 0 Å². The SMILES string of the molecule is CC1CCC(C)C(N2CCCC(CCC(=O)O)C2)C1. The van der Waals surface area contributed by atoms with E-state index in [1.807, 2.05) is 0 Å². The summed E-state index contributed by atoms with van der Waals surface area (Å²) < 4.78 is 0. The van der Waals surface area contributed by atoms with E-state index in [1.165, 1.54) is 38.6 Å². The highest BCUT2D eigenvalue weighted by Crippen LogP contribution is 2.34. The van der Waals surface area contributed by atoms with Crippen molar-refractivity contribution in [3.05, 3.63) is 0 Å². The van der Waals surface area contributed by atoms with Crippen LogP contribution in [0.25, 0.3) is 0 Å². The fraction of sp³-hybridized carbons (Fsp3) is 0.938. The number of hydrogen-bond acceptors (Lipinski definition) is 2. The Hall–Kier alpha value is -0.570. The molecular weight excluding hydrogens is 238 g/mol. The molecule has 0 radical (unpaired) electrons. The molecule has 4 unspecified atom stereocenters. The van der Waals surface area contributed by atoms with E-state index in [2.05, 4.69) is 18.7 Å². The zero-order valence-electron chi connectivity index (χ0n) is 12.5. The molecule has 1 aliphatic heterocycles. The van der Waals surface area contributed by atoms with E-state index in [0.717, 1.165) is 30.8 Å². The molecule has 110 valence electrons. The van der Waals surface area contributed by atoms with Gasteiger partial charge in [0.25, 0.3) is 0 Å². The summed E-state index contributed by atoms with van der Waals surface area (Å²) in [5, 5.41) is 8.82. The van der Waals surface area contributed by atoms with Gasteiger partial charge in [0.05, 0.1) is 0 Å². The lowest BCUT2D eigenvalue weighted by Crippen LogP contribution is -2.48. The van der Waals surface area contributed by atoms with Crippen LogP contribution >= 0.6 is 0 Å². The molecule has 2 aliphatic rings. The molecule has 2 rings (SSSR count). The summed E-state index contributed by atoms with van der Waals surface area (Å²) in [6, 6.07) is 0.747. The van der Waals surface area contributed by atoms with Crippen molar-refractivity contribution >= 4 is 5.97 Å². The zero-order valence-corrected chi connectivity index (χ0v) is 12.5. The summed E-state index contributed by atoms with van der Waals surface area (Å²) in [6.07, 6.45) is 7.77. The van der Waals surface area contributed by atoms with Gasteiger partial charge in [0.2, 0.25) is 0 Å². The van der Waals surface area contributed by atoms with Crippen LogP contribution in [-0.2, 0) is 4.79 Å². The summed E-state index contributed by atoms with van der Waals surface area (Å²) >= 11 is 0. The van der Waals surface area contributed by atoms with Crippen molar-refractivity contribution in [3.8, 4) is 0 Å². The molecule has 0 aromatic carbocycles. The molecule has 1 N–H and O–H groups in total. The van der Waals surface area contributed by atoms with Crippen molar-refractivity contribution < 1.29 is 9.90 Å². The molecular formula is C16H29NO2. The van der Waals surface area contributed by atoms with Crippen LogP contribution in [0.3, 0.4) is 0 Å². The van der Waals surface area contributed by atoms with E-state index in [1.54, 1.807) is 0 Å². The van der Waals surface area contributed by atoms with E-state index < -0.39 is 5.97 Å². The first-order valence-corrected chi connectivity index (χ1v) is 8.02. The second-order valence-corrected chi connectivity index (χ2v) is 6.90. The maximum Gasteiger partial charge on any atom is 0.303 e. The number of likely N-dealkylation sites (tertiary alicyclic amines) is 1. The van der Waals surface area contributed by atoms with Crippen molar-refractivity contribution in [1.82, 2.24) is 4.90 Å². The number of nitrogens with zero attached hydrogens (tertiary/aromatic N) is 1. The van der Waals surface area contributed by atoms with E-state index in [4.69, 9.17) is 5.11 Å². The number of hydrogen-bond donors (Lipinski definition) is 1. The lowest BCUT2D eigenvalue weighted by atomic mass is 9.78. The Balaban J connectivity index is 1.87. The molecule has 0 spiro atoms. The summed E-state index contributed by atoms with van der Waals surface area (Å²) in [7, 11) is 0. The molecule has 1 heterocycles. The van der Waals surface area contributed by atoms with E-state index in [-0.39, 0.29) is 0 Å². The Labute approximate surface area is 117 Å². The largest absolute Gasteiger partial charge is 0.481 e. The van der Waals surface area contributed by atoms with Gasteiger partial charge in [0.1, 0.15) is 0 Å². The molecule has 1 saturated carbocycles. The standard InChI is InChI=1S/C16H29NO2/c1-12-5-6-13(2)15(10-12)17-9-3-4-14(11-17)7-8-16(18)19/h12-15H,3-11H2,1-2H3,(H,18,19). The number of carboxylic acids is 1. The molecule has 0 bridgehead atoms. The van der Waals surface area contributed by atoms with Crippen molar-refractivity contribution in [1.29, 1.82) is 0 Å². The zero-order chi connectivity index (χ0) is 13.8. The first-order valence-electron chi connectivity index (χ1n) is 8.02. The van der Waals surface area contributed by atoms with Gasteiger partial charge < -0.3 is 5.11 Å². The number of piperidine rings is 1. The predicted octanol–water partition coefficient (Wildman–Crippen LogP) is 3.39.